The highest BCUT2D eigenvalue weighted by Gasteiger charge is 2.28. The van der Waals surface area contributed by atoms with Crippen molar-refractivity contribution in [3.05, 3.63) is 57.3 Å². The Morgan fingerprint density at radius 3 is 2.71 bits per heavy atom. The normalized spacial score (nSPS) is 17.5. The van der Waals surface area contributed by atoms with Crippen LogP contribution in [0.3, 0.4) is 0 Å². The van der Waals surface area contributed by atoms with E-state index in [-0.39, 0.29) is 17.9 Å². The summed E-state index contributed by atoms with van der Waals surface area (Å²) < 4.78 is 5.46. The van der Waals surface area contributed by atoms with Crippen LogP contribution in [-0.4, -0.2) is 74.2 Å². The molecule has 3 heterocycles. The average Bonchev–Trinajstić information content (AvgIpc) is 3.55. The molecule has 2 amide bonds. The van der Waals surface area contributed by atoms with E-state index >= 15 is 0 Å². The van der Waals surface area contributed by atoms with E-state index in [1.54, 1.807) is 0 Å². The van der Waals surface area contributed by atoms with E-state index in [0.717, 1.165) is 98.7 Å². The fraction of sp³-hybridized carbons (Fsp3) is 0.438. The minimum atomic E-state index is -0.230. The number of morpholine rings is 1. The van der Waals surface area contributed by atoms with Crippen LogP contribution in [0.1, 0.15) is 63.9 Å². The summed E-state index contributed by atoms with van der Waals surface area (Å²) in [5.74, 6) is 0.0124. The molecule has 42 heavy (non-hydrogen) atoms. The largest absolute Gasteiger partial charge is 0.386 e. The van der Waals surface area contributed by atoms with Crippen LogP contribution in [0, 0.1) is 0 Å². The van der Waals surface area contributed by atoms with Crippen molar-refractivity contribution in [2.24, 2.45) is 0 Å². The van der Waals surface area contributed by atoms with Gasteiger partial charge in [0.1, 0.15) is 5.82 Å². The molecule has 2 fully saturated rings. The van der Waals surface area contributed by atoms with Crippen LogP contribution in [0.4, 0.5) is 17.2 Å². The van der Waals surface area contributed by atoms with Gasteiger partial charge in [0.2, 0.25) is 0 Å². The van der Waals surface area contributed by atoms with Crippen molar-refractivity contribution < 1.29 is 14.3 Å². The first kappa shape index (κ1) is 28.5. The average molecular weight is 589 g/mol. The highest BCUT2D eigenvalue weighted by atomic mass is 32.1. The van der Waals surface area contributed by atoms with Crippen LogP contribution in [0.25, 0.3) is 16.5 Å². The van der Waals surface area contributed by atoms with Gasteiger partial charge < -0.3 is 31.0 Å². The predicted molar refractivity (Wildman–Crippen MR) is 172 cm³/mol. The number of aromatic nitrogens is 1. The van der Waals surface area contributed by atoms with Crippen LogP contribution in [0.2, 0.25) is 0 Å². The van der Waals surface area contributed by atoms with E-state index < -0.39 is 0 Å². The summed E-state index contributed by atoms with van der Waals surface area (Å²) in [6, 6.07) is 8.07. The summed E-state index contributed by atoms with van der Waals surface area (Å²) >= 11 is 1.48. The number of ether oxygens (including phenoxy) is 1. The second-order valence-electron chi connectivity index (χ2n) is 11.2. The third-order valence-electron chi connectivity index (χ3n) is 8.19. The van der Waals surface area contributed by atoms with Gasteiger partial charge in [-0.15, -0.1) is 11.3 Å². The molecule has 222 valence electrons. The lowest BCUT2D eigenvalue weighted by molar-refractivity contribution is 0.0398. The molecule has 3 aromatic rings. The number of hydrogen-bond donors (Lipinski definition) is 5. The lowest BCUT2D eigenvalue weighted by Crippen LogP contribution is -2.39. The Morgan fingerprint density at radius 2 is 1.95 bits per heavy atom. The Morgan fingerprint density at radius 1 is 1.12 bits per heavy atom. The Hall–Kier alpha value is -3.60. The summed E-state index contributed by atoms with van der Waals surface area (Å²) in [7, 11) is 1.88. The molecule has 0 atom stereocenters. The molecule has 2 aliphatic carbocycles. The van der Waals surface area contributed by atoms with Crippen molar-refractivity contribution in [2.75, 3.05) is 62.4 Å². The van der Waals surface area contributed by atoms with E-state index in [0.29, 0.717) is 16.3 Å². The smallest absolute Gasteiger partial charge is 0.266 e. The number of carbonyl (C=O) groups is 2. The van der Waals surface area contributed by atoms with E-state index in [1.165, 1.54) is 22.5 Å². The fourth-order valence-corrected chi connectivity index (χ4v) is 6.50. The summed E-state index contributed by atoms with van der Waals surface area (Å²) in [4.78, 5) is 34.4. The summed E-state index contributed by atoms with van der Waals surface area (Å²) in [5.41, 5.74) is 5.71. The number of H-pyrrole nitrogens is 1. The molecular weight excluding hydrogens is 548 g/mol. The minimum absolute atomic E-state index is 0.175. The van der Waals surface area contributed by atoms with Crippen molar-refractivity contribution in [3.8, 4) is 0 Å². The number of allylic oxidation sites excluding steroid dienone is 4. The van der Waals surface area contributed by atoms with Crippen molar-refractivity contribution in [2.45, 2.75) is 45.1 Å². The number of fused-ring (bicyclic) bond motifs is 1. The predicted octanol–water partition coefficient (Wildman–Crippen LogP) is 5.67. The van der Waals surface area contributed by atoms with E-state index in [1.807, 2.05) is 31.3 Å². The monoisotopic (exact) mass is 588 g/mol. The van der Waals surface area contributed by atoms with Crippen molar-refractivity contribution in [1.29, 1.82) is 0 Å². The zero-order valence-electron chi connectivity index (χ0n) is 24.4. The van der Waals surface area contributed by atoms with Gasteiger partial charge in [-0.25, -0.2) is 0 Å². The van der Waals surface area contributed by atoms with Gasteiger partial charge in [-0.3, -0.25) is 14.5 Å². The van der Waals surface area contributed by atoms with Crippen molar-refractivity contribution in [1.82, 2.24) is 15.2 Å². The third kappa shape index (κ3) is 6.40. The van der Waals surface area contributed by atoms with Crippen LogP contribution in [-0.2, 0) is 4.74 Å². The summed E-state index contributed by atoms with van der Waals surface area (Å²) in [5, 5.41) is 13.7. The van der Waals surface area contributed by atoms with Crippen LogP contribution in [0.5, 0.6) is 0 Å². The molecule has 0 radical (unpaired) electrons. The highest BCUT2D eigenvalue weighted by Crippen LogP contribution is 2.36. The molecule has 1 saturated carbocycles. The standard InChI is InChI=1S/C32H40N6O3S/c1-3-20-5-4-6-21(17-20)27-9-10-28(42-27)31(39)37-30-29(32(40)35-22-7-8-22)23-18-25(33-2)26(19-24(23)36-30)34-11-12-38-13-15-41-16-14-38/h6,9-10,17-19,22,33-34,36H,3-5,7-8,11-16H2,1-2H3,(H,35,40)(H,37,39). The number of aromatic amines is 1. The number of amides is 2. The van der Waals surface area contributed by atoms with Crippen molar-refractivity contribution in [3.63, 3.8) is 0 Å². The van der Waals surface area contributed by atoms with Gasteiger partial charge in [-0.2, -0.15) is 0 Å². The summed E-state index contributed by atoms with van der Waals surface area (Å²) in [6.07, 6.45) is 9.64. The van der Waals surface area contributed by atoms with Crippen LogP contribution in [0.15, 0.2) is 42.0 Å². The first-order valence-electron chi connectivity index (χ1n) is 15.1. The summed E-state index contributed by atoms with van der Waals surface area (Å²) in [6.45, 7) is 7.32. The molecule has 0 bridgehead atoms. The molecule has 10 heteroatoms. The van der Waals surface area contributed by atoms with Gasteiger partial charge in [0.05, 0.1) is 40.5 Å². The Kier molecular flexibility index (Phi) is 8.64. The molecule has 3 aliphatic rings. The van der Waals surface area contributed by atoms with Gasteiger partial charge in [0.15, 0.2) is 0 Å². The van der Waals surface area contributed by atoms with E-state index in [9.17, 15) is 9.59 Å². The number of carbonyl (C=O) groups excluding carboxylic acids is 2. The molecule has 6 rings (SSSR count). The van der Waals surface area contributed by atoms with E-state index in [4.69, 9.17) is 4.74 Å². The van der Waals surface area contributed by atoms with Gasteiger partial charge in [-0.05, 0) is 61.9 Å². The zero-order chi connectivity index (χ0) is 29.1. The Balaban J connectivity index is 1.25. The third-order valence-corrected chi connectivity index (χ3v) is 9.32. The lowest BCUT2D eigenvalue weighted by atomic mass is 9.97. The van der Waals surface area contributed by atoms with E-state index in [2.05, 4.69) is 50.2 Å². The first-order valence-corrected chi connectivity index (χ1v) is 15.9. The number of anilines is 3. The molecule has 2 aromatic heterocycles. The second-order valence-corrected chi connectivity index (χ2v) is 12.3. The zero-order valence-corrected chi connectivity index (χ0v) is 25.2. The quantitative estimate of drug-likeness (QED) is 0.197. The molecule has 1 aromatic carbocycles. The van der Waals surface area contributed by atoms with Crippen LogP contribution >= 0.6 is 11.3 Å². The molecule has 0 unspecified atom stereocenters. The lowest BCUT2D eigenvalue weighted by Gasteiger charge is -2.26. The van der Waals surface area contributed by atoms with Crippen LogP contribution < -0.4 is 21.3 Å². The topological polar surface area (TPSA) is 111 Å². The second kappa shape index (κ2) is 12.7. The number of nitrogens with zero attached hydrogens (tertiary/aromatic N) is 1. The van der Waals surface area contributed by atoms with Crippen molar-refractivity contribution >= 4 is 56.8 Å². The van der Waals surface area contributed by atoms with Gasteiger partial charge in [0.25, 0.3) is 11.8 Å². The maximum absolute atomic E-state index is 13.5. The molecule has 1 saturated heterocycles. The number of nitrogens with one attached hydrogen (secondary N) is 5. The number of benzene rings is 1. The SMILES string of the molecule is CCC1=CC(c2ccc(C(=O)Nc3[nH]c4cc(NCCN5CCOCC5)c(NC)cc4c3C(=O)NC3CC3)s2)=CCC1. The van der Waals surface area contributed by atoms with Gasteiger partial charge >= 0.3 is 0 Å². The minimum Gasteiger partial charge on any atom is -0.386 e. The fourth-order valence-electron chi connectivity index (χ4n) is 5.59. The first-order chi connectivity index (χ1) is 20.5. The Bertz CT molecular complexity index is 1530. The van der Waals surface area contributed by atoms with Gasteiger partial charge in [0, 0.05) is 49.5 Å². The highest BCUT2D eigenvalue weighted by molar-refractivity contribution is 7.15. The maximum Gasteiger partial charge on any atom is 0.266 e. The molecule has 0 spiro atoms. The molecule has 1 aliphatic heterocycles. The Labute approximate surface area is 250 Å². The number of rotatable bonds is 11. The molecular formula is C32H40N6O3S. The molecule has 5 N–H and O–H groups in total. The maximum atomic E-state index is 13.5. The number of thiophene rings is 1. The number of hydrogen-bond acceptors (Lipinski definition) is 7. The van der Waals surface area contributed by atoms with Gasteiger partial charge in [-0.1, -0.05) is 24.6 Å². The molecule has 9 nitrogen and oxygen atoms in total.